The molecule has 1 aromatic heterocycles. The van der Waals surface area contributed by atoms with E-state index in [1.54, 1.807) is 6.26 Å². The van der Waals surface area contributed by atoms with E-state index in [0.717, 1.165) is 30.8 Å². The van der Waals surface area contributed by atoms with Crippen molar-refractivity contribution in [2.24, 2.45) is 5.73 Å². The molecule has 2 N–H and O–H groups in total. The van der Waals surface area contributed by atoms with Crippen molar-refractivity contribution in [2.75, 3.05) is 6.54 Å². The normalized spacial score (nSPS) is 21.0. The number of likely N-dealkylation sites (tertiary alicyclic amines) is 1. The first-order valence-electron chi connectivity index (χ1n) is 7.83. The highest BCUT2D eigenvalue weighted by Gasteiger charge is 2.26. The minimum atomic E-state index is 0.180. The van der Waals surface area contributed by atoms with Gasteiger partial charge in [0.1, 0.15) is 6.26 Å². The maximum atomic E-state index is 6.12. The van der Waals surface area contributed by atoms with Crippen LogP contribution in [0.25, 0.3) is 11.5 Å². The van der Waals surface area contributed by atoms with E-state index in [1.807, 2.05) is 24.3 Å². The second kappa shape index (κ2) is 6.82. The van der Waals surface area contributed by atoms with Crippen molar-refractivity contribution in [3.8, 4) is 11.5 Å². The number of hydrogen-bond donors (Lipinski definition) is 1. The average molecular weight is 320 g/mol. The molecule has 5 heteroatoms. The number of rotatable bonds is 4. The molecule has 1 aliphatic heterocycles. The second-order valence-electron chi connectivity index (χ2n) is 6.05. The number of hydrogen-bond acceptors (Lipinski definition) is 4. The highest BCUT2D eigenvalue weighted by Crippen LogP contribution is 2.25. The fraction of sp³-hybridized carbons (Fsp3) is 0.471. The third kappa shape index (κ3) is 3.51. The van der Waals surface area contributed by atoms with Crippen molar-refractivity contribution >= 4 is 11.6 Å². The molecule has 2 atom stereocenters. The van der Waals surface area contributed by atoms with E-state index in [4.69, 9.17) is 21.8 Å². The Morgan fingerprint density at radius 3 is 3.09 bits per heavy atom. The van der Waals surface area contributed by atoms with Gasteiger partial charge in [0.05, 0.1) is 5.69 Å². The third-order valence-electron chi connectivity index (χ3n) is 4.26. The van der Waals surface area contributed by atoms with E-state index in [2.05, 4.69) is 16.8 Å². The van der Waals surface area contributed by atoms with Gasteiger partial charge >= 0.3 is 0 Å². The van der Waals surface area contributed by atoms with Crippen LogP contribution >= 0.6 is 11.6 Å². The highest BCUT2D eigenvalue weighted by molar-refractivity contribution is 6.30. The van der Waals surface area contributed by atoms with Crippen LogP contribution in [0.1, 0.15) is 31.9 Å². The van der Waals surface area contributed by atoms with E-state index in [-0.39, 0.29) is 6.04 Å². The first-order chi connectivity index (χ1) is 10.6. The van der Waals surface area contributed by atoms with Crippen LogP contribution in [0, 0.1) is 0 Å². The molecule has 118 valence electrons. The van der Waals surface area contributed by atoms with Gasteiger partial charge in [-0.1, -0.05) is 24.1 Å². The van der Waals surface area contributed by atoms with E-state index < -0.39 is 0 Å². The Morgan fingerprint density at radius 2 is 2.32 bits per heavy atom. The van der Waals surface area contributed by atoms with Gasteiger partial charge in [0.15, 0.2) is 0 Å². The van der Waals surface area contributed by atoms with Crippen molar-refractivity contribution < 1.29 is 4.42 Å². The summed E-state index contributed by atoms with van der Waals surface area (Å²) in [6, 6.07) is 8.17. The van der Waals surface area contributed by atoms with Crippen molar-refractivity contribution in [1.29, 1.82) is 0 Å². The fourth-order valence-corrected chi connectivity index (χ4v) is 3.34. The van der Waals surface area contributed by atoms with Crippen LogP contribution in [0.5, 0.6) is 0 Å². The molecule has 3 rings (SSSR count). The van der Waals surface area contributed by atoms with Crippen molar-refractivity contribution in [3.63, 3.8) is 0 Å². The van der Waals surface area contributed by atoms with Gasteiger partial charge in [0.25, 0.3) is 0 Å². The maximum absolute atomic E-state index is 6.12. The summed E-state index contributed by atoms with van der Waals surface area (Å²) in [5.41, 5.74) is 7.97. The molecule has 2 aromatic rings. The SMILES string of the molecule is CC(N)C1CCCCN1Cc1coc(-c2cccc(Cl)c2)n1. The molecule has 1 aliphatic rings. The minimum Gasteiger partial charge on any atom is -0.444 e. The predicted octanol–water partition coefficient (Wildman–Crippen LogP) is 3.70. The van der Waals surface area contributed by atoms with Gasteiger partial charge in [-0.15, -0.1) is 0 Å². The molecule has 0 bridgehead atoms. The predicted molar refractivity (Wildman–Crippen MR) is 88.6 cm³/mol. The molecule has 0 radical (unpaired) electrons. The Bertz CT molecular complexity index is 626. The molecule has 2 heterocycles. The Hall–Kier alpha value is -1.36. The number of nitrogens with zero attached hydrogens (tertiary/aromatic N) is 2. The van der Waals surface area contributed by atoms with Gasteiger partial charge in [-0.05, 0) is 44.5 Å². The van der Waals surface area contributed by atoms with Gasteiger partial charge in [0, 0.05) is 29.2 Å². The number of halogens is 1. The molecule has 1 aromatic carbocycles. The maximum Gasteiger partial charge on any atom is 0.226 e. The van der Waals surface area contributed by atoms with Crippen LogP contribution in [-0.2, 0) is 6.54 Å². The lowest BCUT2D eigenvalue weighted by Crippen LogP contribution is -2.48. The number of oxazole rings is 1. The molecule has 22 heavy (non-hydrogen) atoms. The van der Waals surface area contributed by atoms with E-state index in [9.17, 15) is 0 Å². The molecule has 1 saturated heterocycles. The molecule has 4 nitrogen and oxygen atoms in total. The second-order valence-corrected chi connectivity index (χ2v) is 6.48. The summed E-state index contributed by atoms with van der Waals surface area (Å²) in [5, 5.41) is 0.685. The number of aromatic nitrogens is 1. The van der Waals surface area contributed by atoms with Crippen molar-refractivity contribution in [3.05, 3.63) is 41.2 Å². The van der Waals surface area contributed by atoms with Crippen LogP contribution in [0.3, 0.4) is 0 Å². The summed E-state index contributed by atoms with van der Waals surface area (Å²) in [6.07, 6.45) is 5.39. The minimum absolute atomic E-state index is 0.180. The first kappa shape index (κ1) is 15.5. The average Bonchev–Trinajstić information content (AvgIpc) is 2.96. The molecular formula is C17H22ClN3O. The number of benzene rings is 1. The van der Waals surface area contributed by atoms with E-state index in [0.29, 0.717) is 17.0 Å². The molecule has 0 saturated carbocycles. The van der Waals surface area contributed by atoms with Crippen LogP contribution < -0.4 is 5.73 Å². The lowest BCUT2D eigenvalue weighted by atomic mass is 9.97. The van der Waals surface area contributed by atoms with Crippen molar-refractivity contribution in [1.82, 2.24) is 9.88 Å². The molecule has 2 unspecified atom stereocenters. The molecule has 0 aliphatic carbocycles. The topological polar surface area (TPSA) is 55.3 Å². The monoisotopic (exact) mass is 319 g/mol. The smallest absolute Gasteiger partial charge is 0.226 e. The lowest BCUT2D eigenvalue weighted by Gasteiger charge is -2.37. The summed E-state index contributed by atoms with van der Waals surface area (Å²) >= 11 is 6.02. The van der Waals surface area contributed by atoms with Gasteiger partial charge in [0.2, 0.25) is 5.89 Å². The zero-order valence-corrected chi connectivity index (χ0v) is 13.6. The largest absolute Gasteiger partial charge is 0.444 e. The zero-order valence-electron chi connectivity index (χ0n) is 12.8. The van der Waals surface area contributed by atoms with E-state index >= 15 is 0 Å². The zero-order chi connectivity index (χ0) is 15.5. The van der Waals surface area contributed by atoms with Gasteiger partial charge < -0.3 is 10.2 Å². The Morgan fingerprint density at radius 1 is 1.45 bits per heavy atom. The third-order valence-corrected chi connectivity index (χ3v) is 4.49. The fourth-order valence-electron chi connectivity index (χ4n) is 3.15. The highest BCUT2D eigenvalue weighted by atomic mass is 35.5. The molecule has 0 spiro atoms. The van der Waals surface area contributed by atoms with Crippen LogP contribution in [0.15, 0.2) is 34.9 Å². The standard InChI is InChI=1S/C17H22ClN3O/c1-12(19)16-7-2-3-8-21(16)10-15-11-22-17(20-15)13-5-4-6-14(18)9-13/h4-6,9,11-12,16H,2-3,7-8,10,19H2,1H3. The van der Waals surface area contributed by atoms with E-state index in [1.165, 1.54) is 12.8 Å². The summed E-state index contributed by atoms with van der Waals surface area (Å²) in [5.74, 6) is 0.617. The summed E-state index contributed by atoms with van der Waals surface area (Å²) in [6.45, 7) is 3.95. The molecular weight excluding hydrogens is 298 g/mol. The number of nitrogens with two attached hydrogens (primary N) is 1. The van der Waals surface area contributed by atoms with Crippen LogP contribution in [-0.4, -0.2) is 28.5 Å². The van der Waals surface area contributed by atoms with Gasteiger partial charge in [-0.25, -0.2) is 4.98 Å². The van der Waals surface area contributed by atoms with Crippen LogP contribution in [0.4, 0.5) is 0 Å². The molecule has 0 amide bonds. The summed E-state index contributed by atoms with van der Waals surface area (Å²) in [4.78, 5) is 7.03. The lowest BCUT2D eigenvalue weighted by molar-refractivity contribution is 0.121. The first-order valence-corrected chi connectivity index (χ1v) is 8.21. The van der Waals surface area contributed by atoms with Crippen molar-refractivity contribution in [2.45, 2.75) is 44.8 Å². The summed E-state index contributed by atoms with van der Waals surface area (Å²) in [7, 11) is 0. The molecule has 1 fully saturated rings. The Balaban J connectivity index is 1.73. The quantitative estimate of drug-likeness (QED) is 0.933. The Kier molecular flexibility index (Phi) is 4.81. The summed E-state index contributed by atoms with van der Waals surface area (Å²) < 4.78 is 5.62. The van der Waals surface area contributed by atoms with Crippen LogP contribution in [0.2, 0.25) is 5.02 Å². The van der Waals surface area contributed by atoms with Gasteiger partial charge in [-0.2, -0.15) is 0 Å². The Labute approximate surface area is 136 Å². The number of piperidine rings is 1. The van der Waals surface area contributed by atoms with Gasteiger partial charge in [-0.3, -0.25) is 4.90 Å².